The molecular formula is C30H44N6O8S. The van der Waals surface area contributed by atoms with Crippen LogP contribution in [0.15, 0.2) is 47.4 Å². The van der Waals surface area contributed by atoms with Crippen molar-refractivity contribution in [3.63, 3.8) is 0 Å². The number of ether oxygens (including phenoxy) is 1. The van der Waals surface area contributed by atoms with Crippen LogP contribution in [0.3, 0.4) is 0 Å². The van der Waals surface area contributed by atoms with Crippen LogP contribution < -0.4 is 21.1 Å². The van der Waals surface area contributed by atoms with E-state index in [1.54, 1.807) is 30.0 Å². The summed E-state index contributed by atoms with van der Waals surface area (Å²) >= 11 is 0. The second-order valence-corrected chi connectivity index (χ2v) is 12.7. The molecule has 4 atom stereocenters. The number of amides is 2. The second kappa shape index (κ2) is 17.3. The van der Waals surface area contributed by atoms with Gasteiger partial charge in [0.15, 0.2) is 5.96 Å². The number of carbonyl (C=O) groups is 4. The van der Waals surface area contributed by atoms with Crippen LogP contribution in [0.1, 0.15) is 46.5 Å². The number of rotatable bonds is 12. The van der Waals surface area contributed by atoms with Gasteiger partial charge < -0.3 is 31.1 Å². The van der Waals surface area contributed by atoms with Crippen molar-refractivity contribution in [1.29, 1.82) is 5.41 Å². The maximum atomic E-state index is 13.4. The molecule has 2 aromatic rings. The van der Waals surface area contributed by atoms with E-state index < -0.39 is 52.3 Å². The van der Waals surface area contributed by atoms with Crippen molar-refractivity contribution in [1.82, 2.24) is 20.3 Å². The fourth-order valence-electron chi connectivity index (χ4n) is 4.79. The summed E-state index contributed by atoms with van der Waals surface area (Å²) in [6.45, 7) is 6.17. The minimum atomic E-state index is -4.23. The van der Waals surface area contributed by atoms with Gasteiger partial charge in [-0.2, -0.15) is 4.72 Å². The quantitative estimate of drug-likeness (QED) is 0.110. The molecule has 0 radical (unpaired) electrons. The van der Waals surface area contributed by atoms with Crippen molar-refractivity contribution in [2.24, 2.45) is 17.6 Å². The number of sulfonamides is 1. The Hall–Kier alpha value is -4.24. The monoisotopic (exact) mass is 648 g/mol. The van der Waals surface area contributed by atoms with Crippen molar-refractivity contribution in [2.45, 2.75) is 63.4 Å². The molecule has 15 heteroatoms. The first-order chi connectivity index (χ1) is 21.2. The van der Waals surface area contributed by atoms with Crippen molar-refractivity contribution in [3.05, 3.63) is 42.5 Å². The summed E-state index contributed by atoms with van der Waals surface area (Å²) in [5.74, 6) is -3.13. The van der Waals surface area contributed by atoms with Gasteiger partial charge >= 0.3 is 5.97 Å². The van der Waals surface area contributed by atoms with Crippen LogP contribution in [0.4, 0.5) is 0 Å². The summed E-state index contributed by atoms with van der Waals surface area (Å²) in [6.07, 6.45) is 1.71. The molecule has 0 saturated carbocycles. The number of esters is 1. The first kappa shape index (κ1) is 36.9. The lowest BCUT2D eigenvalue weighted by atomic mass is 9.98. The number of carboxylic acids is 1. The molecule has 1 aliphatic rings. The first-order valence-corrected chi connectivity index (χ1v) is 16.1. The van der Waals surface area contributed by atoms with E-state index in [4.69, 9.17) is 25.8 Å². The largest absolute Gasteiger partial charge is 0.481 e. The van der Waals surface area contributed by atoms with E-state index in [-0.39, 0.29) is 29.2 Å². The lowest BCUT2D eigenvalue weighted by molar-refractivity contribution is -0.146. The molecule has 0 aromatic heterocycles. The van der Waals surface area contributed by atoms with Gasteiger partial charge in [-0.25, -0.2) is 13.2 Å². The zero-order chi connectivity index (χ0) is 33.7. The van der Waals surface area contributed by atoms with E-state index >= 15 is 0 Å². The maximum Gasteiger partial charge on any atom is 0.328 e. The minimum Gasteiger partial charge on any atom is -0.481 e. The molecule has 7 N–H and O–H groups in total. The molecular weight excluding hydrogens is 604 g/mol. The SMILES string of the molecule is CC(=O)O.CCC(C)[C@H](NC(=O)[C@H](CC(=O)NC[C@@H]1CCCN(C(=N)N)C1)NS(=O)(=O)c1ccc2ccccc2c1)C(=O)OC. The summed E-state index contributed by atoms with van der Waals surface area (Å²) in [5.41, 5.74) is 5.60. The predicted molar refractivity (Wildman–Crippen MR) is 169 cm³/mol. The molecule has 1 saturated heterocycles. The van der Waals surface area contributed by atoms with E-state index in [0.29, 0.717) is 24.9 Å². The van der Waals surface area contributed by atoms with Gasteiger partial charge in [0.2, 0.25) is 21.8 Å². The smallest absolute Gasteiger partial charge is 0.328 e. The number of hydrogen-bond acceptors (Lipinski definition) is 8. The number of fused-ring (bicyclic) bond motifs is 1. The summed E-state index contributed by atoms with van der Waals surface area (Å²) in [5, 5.41) is 22.0. The van der Waals surface area contributed by atoms with Crippen molar-refractivity contribution < 1.29 is 37.4 Å². The number of hydrogen-bond donors (Lipinski definition) is 6. The average Bonchev–Trinajstić information content (AvgIpc) is 3.00. The number of guanidine groups is 1. The van der Waals surface area contributed by atoms with Gasteiger partial charge in [0.25, 0.3) is 5.97 Å². The number of benzene rings is 2. The number of methoxy groups -OCH3 is 1. The number of piperidine rings is 1. The number of carboxylic acid groups (broad SMARTS) is 1. The highest BCUT2D eigenvalue weighted by Crippen LogP contribution is 2.20. The number of likely N-dealkylation sites (tertiary alicyclic amines) is 1. The fraction of sp³-hybridized carbons (Fsp3) is 0.500. The minimum absolute atomic E-state index is 0.0256. The third-order valence-corrected chi connectivity index (χ3v) is 8.92. The summed E-state index contributed by atoms with van der Waals surface area (Å²) < 4.78 is 34.0. The zero-order valence-corrected chi connectivity index (χ0v) is 26.9. The highest BCUT2D eigenvalue weighted by molar-refractivity contribution is 7.89. The first-order valence-electron chi connectivity index (χ1n) is 14.6. The second-order valence-electron chi connectivity index (χ2n) is 10.9. The van der Waals surface area contributed by atoms with Gasteiger partial charge in [-0.1, -0.05) is 50.6 Å². The van der Waals surface area contributed by atoms with E-state index in [1.165, 1.54) is 19.2 Å². The molecule has 0 aliphatic carbocycles. The fourth-order valence-corrected chi connectivity index (χ4v) is 6.02. The Morgan fingerprint density at radius 2 is 1.80 bits per heavy atom. The molecule has 14 nitrogen and oxygen atoms in total. The molecule has 3 rings (SSSR count). The number of nitrogens with zero attached hydrogens (tertiary/aromatic N) is 1. The third-order valence-electron chi connectivity index (χ3n) is 7.45. The Labute approximate surface area is 263 Å². The van der Waals surface area contributed by atoms with Crippen LogP contribution >= 0.6 is 0 Å². The Bertz CT molecular complexity index is 1460. The van der Waals surface area contributed by atoms with Gasteiger partial charge in [0.1, 0.15) is 12.1 Å². The Morgan fingerprint density at radius 1 is 1.16 bits per heavy atom. The number of aliphatic carboxylic acids is 1. The molecule has 2 aromatic carbocycles. The maximum absolute atomic E-state index is 13.4. The Kier molecular flexibility index (Phi) is 14.2. The highest BCUT2D eigenvalue weighted by Gasteiger charge is 2.33. The van der Waals surface area contributed by atoms with Crippen molar-refractivity contribution >= 4 is 50.5 Å². The van der Waals surface area contributed by atoms with Gasteiger partial charge in [-0.05, 0) is 47.6 Å². The van der Waals surface area contributed by atoms with Crippen LogP contribution in [0.25, 0.3) is 10.8 Å². The third kappa shape index (κ3) is 11.6. The topological polar surface area (TPSA) is 221 Å². The van der Waals surface area contributed by atoms with Crippen LogP contribution in [-0.2, 0) is 33.9 Å². The van der Waals surface area contributed by atoms with Crippen LogP contribution in [-0.4, -0.2) is 87.0 Å². The normalized spacial score (nSPS) is 16.7. The Balaban J connectivity index is 0.00000166. The predicted octanol–water partition coefficient (Wildman–Crippen LogP) is 1.39. The molecule has 1 heterocycles. The Morgan fingerprint density at radius 3 is 2.40 bits per heavy atom. The van der Waals surface area contributed by atoms with Crippen LogP contribution in [0.2, 0.25) is 0 Å². The molecule has 1 unspecified atom stereocenters. The molecule has 0 spiro atoms. The lowest BCUT2D eigenvalue weighted by Crippen LogP contribution is -2.55. The van der Waals surface area contributed by atoms with Gasteiger partial charge in [-0.15, -0.1) is 0 Å². The van der Waals surface area contributed by atoms with Gasteiger partial charge in [0, 0.05) is 26.6 Å². The summed E-state index contributed by atoms with van der Waals surface area (Å²) in [7, 11) is -3.03. The number of nitrogens with two attached hydrogens (primary N) is 1. The molecule has 1 fully saturated rings. The lowest BCUT2D eigenvalue weighted by Gasteiger charge is -2.33. The zero-order valence-electron chi connectivity index (χ0n) is 26.0. The number of carbonyl (C=O) groups excluding carboxylic acids is 3. The van der Waals surface area contributed by atoms with E-state index in [0.717, 1.165) is 25.2 Å². The van der Waals surface area contributed by atoms with E-state index in [1.807, 2.05) is 19.1 Å². The summed E-state index contributed by atoms with van der Waals surface area (Å²) in [6, 6.07) is 9.32. The molecule has 248 valence electrons. The average molecular weight is 649 g/mol. The molecule has 1 aliphatic heterocycles. The standard InChI is InChI=1S/C28H40N6O6S.C2H4O2/c1-4-18(2)25(27(37)40-3)32-26(36)23(15-24(35)31-16-19-8-7-13-34(17-19)28(29)30)33-41(38,39)22-12-11-20-9-5-6-10-21(20)14-22;1-2(3)4/h5-6,9-12,14,18-19,23,25,33H,4,7-8,13,15-17H2,1-3H3,(H3,29,30)(H,31,35)(H,32,36);1H3,(H,3,4)/t18?,19-,23-,25-;/m0./s1. The van der Waals surface area contributed by atoms with Crippen molar-refractivity contribution in [3.8, 4) is 0 Å². The number of nitrogens with one attached hydrogen (secondary N) is 4. The van der Waals surface area contributed by atoms with Crippen LogP contribution in [0.5, 0.6) is 0 Å². The molecule has 0 bridgehead atoms. The van der Waals surface area contributed by atoms with Crippen molar-refractivity contribution in [2.75, 3.05) is 26.7 Å². The van der Waals surface area contributed by atoms with E-state index in [9.17, 15) is 22.8 Å². The molecule has 2 amide bonds. The van der Waals surface area contributed by atoms with Crippen LogP contribution in [0, 0.1) is 17.2 Å². The summed E-state index contributed by atoms with van der Waals surface area (Å²) in [4.78, 5) is 49.4. The molecule has 45 heavy (non-hydrogen) atoms. The van der Waals surface area contributed by atoms with Gasteiger partial charge in [-0.3, -0.25) is 19.8 Å². The van der Waals surface area contributed by atoms with Gasteiger partial charge in [0.05, 0.1) is 18.4 Å². The highest BCUT2D eigenvalue weighted by atomic mass is 32.2. The van der Waals surface area contributed by atoms with E-state index in [2.05, 4.69) is 15.4 Å².